The van der Waals surface area contributed by atoms with Crippen molar-refractivity contribution in [1.82, 2.24) is 4.90 Å². The van der Waals surface area contributed by atoms with E-state index >= 15 is 0 Å². The topological polar surface area (TPSA) is 57.6 Å². The zero-order valence-electron chi connectivity index (χ0n) is 10.7. The molecule has 1 heterocycles. The van der Waals surface area contributed by atoms with Crippen molar-refractivity contribution in [3.8, 4) is 0 Å². The van der Waals surface area contributed by atoms with Gasteiger partial charge in [-0.3, -0.25) is 9.59 Å². The van der Waals surface area contributed by atoms with Gasteiger partial charge in [-0.05, 0) is 66.6 Å². The third kappa shape index (κ3) is 3.26. The number of carbonyl (C=O) groups excluding carboxylic acids is 1. The van der Waals surface area contributed by atoms with E-state index in [9.17, 15) is 9.59 Å². The molecule has 1 fully saturated rings. The molecule has 5 heteroatoms. The molecule has 1 aliphatic rings. The van der Waals surface area contributed by atoms with E-state index in [4.69, 9.17) is 5.11 Å². The summed E-state index contributed by atoms with van der Waals surface area (Å²) in [5.41, 5.74) is 0.668. The largest absolute Gasteiger partial charge is 0.481 e. The van der Waals surface area contributed by atoms with Gasteiger partial charge in [0.15, 0.2) is 0 Å². The van der Waals surface area contributed by atoms with Crippen LogP contribution in [0.15, 0.2) is 24.3 Å². The molecule has 0 saturated carbocycles. The summed E-state index contributed by atoms with van der Waals surface area (Å²) in [6, 6.07) is 7.42. The minimum Gasteiger partial charge on any atom is -0.481 e. The number of nitrogens with zero attached hydrogens (tertiary/aromatic N) is 1. The van der Waals surface area contributed by atoms with Crippen LogP contribution in [0.3, 0.4) is 0 Å². The van der Waals surface area contributed by atoms with Gasteiger partial charge >= 0.3 is 5.97 Å². The van der Waals surface area contributed by atoms with Gasteiger partial charge in [0, 0.05) is 21.7 Å². The van der Waals surface area contributed by atoms with Crippen LogP contribution in [0.5, 0.6) is 0 Å². The highest BCUT2D eigenvalue weighted by atomic mass is 127. The summed E-state index contributed by atoms with van der Waals surface area (Å²) in [6.45, 7) is 2.43. The second-order valence-corrected chi connectivity index (χ2v) is 6.16. The fraction of sp³-hybridized carbons (Fsp3) is 0.429. The van der Waals surface area contributed by atoms with Crippen LogP contribution >= 0.6 is 22.6 Å². The van der Waals surface area contributed by atoms with Crippen molar-refractivity contribution in [2.45, 2.75) is 25.8 Å². The molecular weight excluding hydrogens is 357 g/mol. The van der Waals surface area contributed by atoms with Crippen molar-refractivity contribution < 1.29 is 14.7 Å². The van der Waals surface area contributed by atoms with Crippen molar-refractivity contribution >= 4 is 34.5 Å². The molecule has 2 rings (SSSR count). The summed E-state index contributed by atoms with van der Waals surface area (Å²) < 4.78 is 1.09. The van der Waals surface area contributed by atoms with Crippen LogP contribution < -0.4 is 0 Å². The van der Waals surface area contributed by atoms with Gasteiger partial charge in [-0.15, -0.1) is 0 Å². The Morgan fingerprint density at radius 3 is 2.47 bits per heavy atom. The Morgan fingerprint density at radius 2 is 1.95 bits per heavy atom. The first-order valence-corrected chi connectivity index (χ1v) is 7.36. The van der Waals surface area contributed by atoms with E-state index in [1.807, 2.05) is 31.2 Å². The number of carboxylic acids is 1. The Kier molecular flexibility index (Phi) is 4.44. The molecule has 1 amide bonds. The van der Waals surface area contributed by atoms with E-state index in [2.05, 4.69) is 22.6 Å². The maximum absolute atomic E-state index is 12.4. The lowest BCUT2D eigenvalue weighted by atomic mass is 9.91. The van der Waals surface area contributed by atoms with Crippen LogP contribution in [0.25, 0.3) is 0 Å². The smallest absolute Gasteiger partial charge is 0.306 e. The predicted molar refractivity (Wildman–Crippen MR) is 80.0 cm³/mol. The fourth-order valence-electron chi connectivity index (χ4n) is 2.46. The minimum absolute atomic E-state index is 0.00672. The third-order valence-electron chi connectivity index (χ3n) is 3.58. The van der Waals surface area contributed by atoms with Crippen LogP contribution in [0.2, 0.25) is 0 Å². The molecular formula is C14H16INO3. The lowest BCUT2D eigenvalue weighted by Gasteiger charge is -2.36. The molecule has 19 heavy (non-hydrogen) atoms. The molecule has 0 radical (unpaired) electrons. The lowest BCUT2D eigenvalue weighted by molar-refractivity contribution is -0.143. The molecule has 1 aromatic rings. The third-order valence-corrected chi connectivity index (χ3v) is 4.30. The number of piperidine rings is 1. The monoisotopic (exact) mass is 373 g/mol. The normalized spacial score (nSPS) is 23.2. The first-order valence-electron chi connectivity index (χ1n) is 6.28. The molecule has 4 nitrogen and oxygen atoms in total. The summed E-state index contributed by atoms with van der Waals surface area (Å²) in [5, 5.41) is 9.02. The molecule has 0 bridgehead atoms. The van der Waals surface area contributed by atoms with Crippen LogP contribution in [0.1, 0.15) is 30.1 Å². The Labute approximate surface area is 125 Å². The highest BCUT2D eigenvalue weighted by Crippen LogP contribution is 2.24. The molecule has 1 aliphatic heterocycles. The molecule has 0 aliphatic carbocycles. The van der Waals surface area contributed by atoms with Crippen LogP contribution in [0.4, 0.5) is 0 Å². The molecule has 2 unspecified atom stereocenters. The Bertz CT molecular complexity index is 486. The Hall–Kier alpha value is -1.11. The number of rotatable bonds is 2. The zero-order valence-corrected chi connectivity index (χ0v) is 12.8. The van der Waals surface area contributed by atoms with Gasteiger partial charge in [0.05, 0.1) is 5.92 Å². The average Bonchev–Trinajstić information content (AvgIpc) is 2.38. The average molecular weight is 373 g/mol. The van der Waals surface area contributed by atoms with Crippen molar-refractivity contribution in [1.29, 1.82) is 0 Å². The van der Waals surface area contributed by atoms with Crippen molar-refractivity contribution in [3.05, 3.63) is 33.4 Å². The highest BCUT2D eigenvalue weighted by molar-refractivity contribution is 14.1. The van der Waals surface area contributed by atoms with E-state index in [0.29, 0.717) is 24.9 Å². The van der Waals surface area contributed by atoms with Crippen molar-refractivity contribution in [2.24, 2.45) is 5.92 Å². The van der Waals surface area contributed by atoms with Gasteiger partial charge in [0.2, 0.25) is 0 Å². The second-order valence-electron chi connectivity index (χ2n) is 4.91. The number of aliphatic carboxylic acids is 1. The van der Waals surface area contributed by atoms with Crippen LogP contribution in [-0.4, -0.2) is 34.5 Å². The summed E-state index contributed by atoms with van der Waals surface area (Å²) in [5.74, 6) is -1.09. The van der Waals surface area contributed by atoms with Gasteiger partial charge in [-0.2, -0.15) is 0 Å². The van der Waals surface area contributed by atoms with Gasteiger partial charge in [0.25, 0.3) is 5.91 Å². The number of hydrogen-bond donors (Lipinski definition) is 1. The minimum atomic E-state index is -0.756. The van der Waals surface area contributed by atoms with Crippen LogP contribution in [0, 0.1) is 9.49 Å². The molecule has 1 aromatic carbocycles. The van der Waals surface area contributed by atoms with Gasteiger partial charge in [0.1, 0.15) is 0 Å². The SMILES string of the molecule is CC1CC(C(=O)O)CCN1C(=O)c1ccc(I)cc1. The molecule has 0 aromatic heterocycles. The first kappa shape index (κ1) is 14.3. The lowest BCUT2D eigenvalue weighted by Crippen LogP contribution is -2.46. The Morgan fingerprint density at radius 1 is 1.32 bits per heavy atom. The van der Waals surface area contributed by atoms with E-state index in [1.165, 1.54) is 0 Å². The van der Waals surface area contributed by atoms with Crippen molar-refractivity contribution in [2.75, 3.05) is 6.54 Å². The van der Waals surface area contributed by atoms with Crippen molar-refractivity contribution in [3.63, 3.8) is 0 Å². The van der Waals surface area contributed by atoms with Crippen LogP contribution in [-0.2, 0) is 4.79 Å². The number of benzene rings is 1. The summed E-state index contributed by atoms with van der Waals surface area (Å²) in [6.07, 6.45) is 1.07. The first-order chi connectivity index (χ1) is 8.99. The van der Waals surface area contributed by atoms with Gasteiger partial charge in [-0.25, -0.2) is 0 Å². The quantitative estimate of drug-likeness (QED) is 0.811. The number of carbonyl (C=O) groups is 2. The molecule has 102 valence electrons. The molecule has 1 N–H and O–H groups in total. The number of amides is 1. The van der Waals surface area contributed by atoms with Gasteiger partial charge < -0.3 is 10.0 Å². The number of hydrogen-bond acceptors (Lipinski definition) is 2. The van der Waals surface area contributed by atoms with E-state index in [1.54, 1.807) is 4.90 Å². The maximum Gasteiger partial charge on any atom is 0.306 e. The molecule has 1 saturated heterocycles. The number of carboxylic acid groups (broad SMARTS) is 1. The summed E-state index contributed by atoms with van der Waals surface area (Å²) in [7, 11) is 0. The summed E-state index contributed by atoms with van der Waals surface area (Å²) in [4.78, 5) is 25.1. The standard InChI is InChI=1S/C14H16INO3/c1-9-8-11(14(18)19)6-7-16(9)13(17)10-2-4-12(15)5-3-10/h2-5,9,11H,6-8H2,1H3,(H,18,19). The predicted octanol–water partition coefficient (Wildman–Crippen LogP) is 2.62. The highest BCUT2D eigenvalue weighted by Gasteiger charge is 2.32. The van der Waals surface area contributed by atoms with E-state index in [-0.39, 0.29) is 17.9 Å². The van der Waals surface area contributed by atoms with E-state index in [0.717, 1.165) is 3.57 Å². The second kappa shape index (κ2) is 5.90. The molecule has 2 atom stereocenters. The number of likely N-dealkylation sites (tertiary alicyclic amines) is 1. The Balaban J connectivity index is 2.08. The maximum atomic E-state index is 12.4. The van der Waals surface area contributed by atoms with Gasteiger partial charge in [-0.1, -0.05) is 0 Å². The summed E-state index contributed by atoms with van der Waals surface area (Å²) >= 11 is 2.20. The zero-order chi connectivity index (χ0) is 14.0. The fourth-order valence-corrected chi connectivity index (χ4v) is 2.82. The molecule has 0 spiro atoms. The number of halogens is 1. The van der Waals surface area contributed by atoms with E-state index < -0.39 is 5.97 Å².